The summed E-state index contributed by atoms with van der Waals surface area (Å²) in [4.78, 5) is 11.3. The zero-order valence-corrected chi connectivity index (χ0v) is 12.2. The van der Waals surface area contributed by atoms with Gasteiger partial charge in [0.15, 0.2) is 0 Å². The first-order chi connectivity index (χ1) is 8.88. The highest BCUT2D eigenvalue weighted by Gasteiger charge is 2.37. The molecular weight excluding hydrogens is 272 g/mol. The maximum absolute atomic E-state index is 12.1. The minimum absolute atomic E-state index is 0.0883. The van der Waals surface area contributed by atoms with Gasteiger partial charge >= 0.3 is 5.97 Å². The third-order valence-corrected chi connectivity index (χ3v) is 5.26. The van der Waals surface area contributed by atoms with Gasteiger partial charge in [0, 0.05) is 19.6 Å². The zero-order chi connectivity index (χ0) is 14.5. The molecule has 0 aromatic rings. The van der Waals surface area contributed by atoms with Crippen molar-refractivity contribution in [3.05, 3.63) is 0 Å². The summed E-state index contributed by atoms with van der Waals surface area (Å²) in [7, 11) is -3.63. The average Bonchev–Trinajstić information content (AvgIpc) is 2.41. The van der Waals surface area contributed by atoms with Crippen molar-refractivity contribution in [3.8, 4) is 0 Å². The molecule has 0 radical (unpaired) electrons. The van der Waals surface area contributed by atoms with E-state index < -0.39 is 21.6 Å². The van der Waals surface area contributed by atoms with Crippen LogP contribution in [0.25, 0.3) is 0 Å². The monoisotopic (exact) mass is 294 g/mol. The molecule has 0 spiro atoms. The Hall–Kier alpha value is -0.700. The highest BCUT2D eigenvalue weighted by Crippen LogP contribution is 2.26. The Labute approximate surface area is 114 Å². The number of carboxylic acid groups (broad SMARTS) is 1. The van der Waals surface area contributed by atoms with Gasteiger partial charge in [-0.25, -0.2) is 4.72 Å². The molecular formula is C11H22N2O5S. The molecule has 1 aliphatic heterocycles. The fourth-order valence-corrected chi connectivity index (χ4v) is 3.26. The standard InChI is InChI=1S/C11H22N2O5S/c1-3-11(4-2,10(14)15)9-12-19(16,17)13-5-7-18-8-6-13/h12H,3-9H2,1-2H3,(H,14,15). The number of aliphatic carboxylic acids is 1. The molecule has 0 aromatic heterocycles. The fourth-order valence-electron chi connectivity index (χ4n) is 1.99. The van der Waals surface area contributed by atoms with Gasteiger partial charge in [0.05, 0.1) is 18.6 Å². The Morgan fingerprint density at radius 3 is 2.26 bits per heavy atom. The summed E-state index contributed by atoms with van der Waals surface area (Å²) in [5.74, 6) is -0.970. The second kappa shape index (κ2) is 6.65. The molecule has 0 bridgehead atoms. The van der Waals surface area contributed by atoms with Crippen molar-refractivity contribution in [2.75, 3.05) is 32.8 Å². The topological polar surface area (TPSA) is 95.9 Å². The van der Waals surface area contributed by atoms with E-state index in [0.29, 0.717) is 39.1 Å². The van der Waals surface area contributed by atoms with Crippen LogP contribution >= 0.6 is 0 Å². The number of hydrogen-bond acceptors (Lipinski definition) is 4. The van der Waals surface area contributed by atoms with Crippen LogP contribution < -0.4 is 4.72 Å². The van der Waals surface area contributed by atoms with E-state index in [-0.39, 0.29) is 6.54 Å². The summed E-state index contributed by atoms with van der Waals surface area (Å²) in [5, 5.41) is 9.26. The van der Waals surface area contributed by atoms with Gasteiger partial charge in [-0.3, -0.25) is 4.79 Å². The van der Waals surface area contributed by atoms with Crippen LogP contribution in [-0.4, -0.2) is 56.6 Å². The first-order valence-electron chi connectivity index (χ1n) is 6.44. The maximum atomic E-state index is 12.1. The summed E-state index contributed by atoms with van der Waals surface area (Å²) in [6.45, 7) is 4.75. The van der Waals surface area contributed by atoms with Crippen LogP contribution in [0.5, 0.6) is 0 Å². The Kier molecular flexibility index (Phi) is 5.72. The Balaban J connectivity index is 2.70. The largest absolute Gasteiger partial charge is 0.481 e. The summed E-state index contributed by atoms with van der Waals surface area (Å²) >= 11 is 0. The predicted octanol–water partition coefficient (Wildman–Crippen LogP) is 0.0440. The summed E-state index contributed by atoms with van der Waals surface area (Å²) in [6, 6.07) is 0. The molecule has 0 saturated carbocycles. The van der Waals surface area contributed by atoms with Gasteiger partial charge < -0.3 is 9.84 Å². The number of morpholine rings is 1. The minimum atomic E-state index is -3.63. The molecule has 112 valence electrons. The van der Waals surface area contributed by atoms with Gasteiger partial charge in [-0.1, -0.05) is 13.8 Å². The number of nitrogens with one attached hydrogen (secondary N) is 1. The van der Waals surface area contributed by atoms with Crippen molar-refractivity contribution >= 4 is 16.2 Å². The van der Waals surface area contributed by atoms with E-state index in [2.05, 4.69) is 4.72 Å². The van der Waals surface area contributed by atoms with Gasteiger partial charge in [0.2, 0.25) is 0 Å². The lowest BCUT2D eigenvalue weighted by Gasteiger charge is -2.30. The van der Waals surface area contributed by atoms with Crippen LogP contribution in [-0.2, 0) is 19.7 Å². The van der Waals surface area contributed by atoms with Gasteiger partial charge in [-0.05, 0) is 12.8 Å². The number of rotatable bonds is 7. The molecule has 2 N–H and O–H groups in total. The lowest BCUT2D eigenvalue weighted by molar-refractivity contribution is -0.149. The second-order valence-electron chi connectivity index (χ2n) is 4.63. The lowest BCUT2D eigenvalue weighted by Crippen LogP contribution is -2.50. The first kappa shape index (κ1) is 16.4. The van der Waals surface area contributed by atoms with Crippen LogP contribution in [0.15, 0.2) is 0 Å². The molecule has 0 amide bonds. The van der Waals surface area contributed by atoms with Crippen molar-refractivity contribution in [1.82, 2.24) is 9.03 Å². The molecule has 19 heavy (non-hydrogen) atoms. The number of nitrogens with zero attached hydrogens (tertiary/aromatic N) is 1. The smallest absolute Gasteiger partial charge is 0.310 e. The van der Waals surface area contributed by atoms with E-state index in [9.17, 15) is 18.3 Å². The first-order valence-corrected chi connectivity index (χ1v) is 7.88. The van der Waals surface area contributed by atoms with Crippen LogP contribution in [0, 0.1) is 5.41 Å². The molecule has 0 atom stereocenters. The average molecular weight is 294 g/mol. The quantitative estimate of drug-likeness (QED) is 0.691. The third kappa shape index (κ3) is 3.88. The number of carboxylic acids is 1. The van der Waals surface area contributed by atoms with E-state index in [0.717, 1.165) is 0 Å². The van der Waals surface area contributed by atoms with E-state index in [1.165, 1.54) is 4.31 Å². The normalized spacial score (nSPS) is 18.4. The lowest BCUT2D eigenvalue weighted by atomic mass is 9.83. The number of carbonyl (C=O) groups is 1. The van der Waals surface area contributed by atoms with Gasteiger partial charge in [0.1, 0.15) is 0 Å². The van der Waals surface area contributed by atoms with Gasteiger partial charge in [0.25, 0.3) is 10.2 Å². The van der Waals surface area contributed by atoms with Gasteiger partial charge in [-0.15, -0.1) is 0 Å². The molecule has 1 fully saturated rings. The minimum Gasteiger partial charge on any atom is -0.481 e. The molecule has 0 unspecified atom stereocenters. The maximum Gasteiger partial charge on any atom is 0.310 e. The summed E-state index contributed by atoms with van der Waals surface area (Å²) in [6.07, 6.45) is 0.759. The molecule has 1 aliphatic rings. The SMILES string of the molecule is CCC(CC)(CNS(=O)(=O)N1CCOCC1)C(=O)O. The van der Waals surface area contributed by atoms with E-state index >= 15 is 0 Å². The fraction of sp³-hybridized carbons (Fsp3) is 0.909. The zero-order valence-electron chi connectivity index (χ0n) is 11.4. The van der Waals surface area contributed by atoms with E-state index in [4.69, 9.17) is 4.74 Å². The molecule has 1 rings (SSSR count). The Morgan fingerprint density at radius 2 is 1.84 bits per heavy atom. The number of ether oxygens (including phenoxy) is 1. The van der Waals surface area contributed by atoms with Crippen molar-refractivity contribution in [3.63, 3.8) is 0 Å². The number of hydrogen-bond donors (Lipinski definition) is 2. The second-order valence-corrected chi connectivity index (χ2v) is 6.39. The van der Waals surface area contributed by atoms with Crippen LogP contribution in [0.3, 0.4) is 0 Å². The van der Waals surface area contributed by atoms with E-state index in [1.54, 1.807) is 13.8 Å². The van der Waals surface area contributed by atoms with Crippen molar-refractivity contribution in [2.45, 2.75) is 26.7 Å². The Morgan fingerprint density at radius 1 is 1.32 bits per heavy atom. The predicted molar refractivity (Wildman–Crippen MR) is 70.0 cm³/mol. The van der Waals surface area contributed by atoms with Crippen molar-refractivity contribution in [1.29, 1.82) is 0 Å². The van der Waals surface area contributed by atoms with Crippen LogP contribution in [0.1, 0.15) is 26.7 Å². The molecule has 1 saturated heterocycles. The van der Waals surface area contributed by atoms with Gasteiger partial charge in [-0.2, -0.15) is 12.7 Å². The van der Waals surface area contributed by atoms with Crippen LogP contribution in [0.4, 0.5) is 0 Å². The molecule has 0 aromatic carbocycles. The molecule has 7 nitrogen and oxygen atoms in total. The highest BCUT2D eigenvalue weighted by molar-refractivity contribution is 7.87. The van der Waals surface area contributed by atoms with Crippen LogP contribution in [0.2, 0.25) is 0 Å². The van der Waals surface area contributed by atoms with Crippen molar-refractivity contribution < 1.29 is 23.1 Å². The highest BCUT2D eigenvalue weighted by atomic mass is 32.2. The van der Waals surface area contributed by atoms with Crippen molar-refractivity contribution in [2.24, 2.45) is 5.41 Å². The Bertz CT molecular complexity index is 399. The van der Waals surface area contributed by atoms with E-state index in [1.807, 2.05) is 0 Å². The summed E-state index contributed by atoms with van der Waals surface area (Å²) < 4.78 is 32.9. The summed E-state index contributed by atoms with van der Waals surface area (Å²) in [5.41, 5.74) is -1.04. The molecule has 8 heteroatoms. The molecule has 0 aliphatic carbocycles. The molecule has 1 heterocycles. The third-order valence-electron chi connectivity index (χ3n) is 3.71.